The number of para-hydroxylation sites is 1. The van der Waals surface area contributed by atoms with E-state index in [9.17, 15) is 10.2 Å². The third kappa shape index (κ3) is 2.66. The van der Waals surface area contributed by atoms with Crippen LogP contribution in [0.15, 0.2) is 42.5 Å². The fraction of sp³-hybridized carbons (Fsp3) is 0.294. The van der Waals surface area contributed by atoms with Gasteiger partial charge in [-0.1, -0.05) is 24.3 Å². The normalized spacial score (nSPS) is 12.9. The maximum Gasteiger partial charge on any atom is 0.0942 e. The van der Waals surface area contributed by atoms with E-state index in [1.54, 1.807) is 0 Å². The Morgan fingerprint density at radius 3 is 2.55 bits per heavy atom. The minimum Gasteiger partial charge on any atom is -0.395 e. The highest BCUT2D eigenvalue weighted by Crippen LogP contribution is 2.30. The molecular formula is C17H20N2O3. The zero-order valence-corrected chi connectivity index (χ0v) is 12.2. The van der Waals surface area contributed by atoms with Crippen LogP contribution < -0.4 is 5.32 Å². The van der Waals surface area contributed by atoms with E-state index in [0.717, 1.165) is 27.5 Å². The lowest BCUT2D eigenvalue weighted by molar-refractivity contribution is 0.105. The maximum absolute atomic E-state index is 9.43. The average molecular weight is 300 g/mol. The van der Waals surface area contributed by atoms with Gasteiger partial charge in [0.2, 0.25) is 0 Å². The molecular weight excluding hydrogens is 280 g/mol. The van der Waals surface area contributed by atoms with Crippen LogP contribution in [0.2, 0.25) is 0 Å². The van der Waals surface area contributed by atoms with E-state index in [2.05, 4.69) is 16.0 Å². The summed E-state index contributed by atoms with van der Waals surface area (Å²) >= 11 is 0. The molecule has 0 bridgehead atoms. The van der Waals surface area contributed by atoms with Crippen LogP contribution in [0.1, 0.15) is 0 Å². The first-order valence-electron chi connectivity index (χ1n) is 7.39. The maximum atomic E-state index is 9.43. The molecule has 0 aliphatic heterocycles. The molecule has 22 heavy (non-hydrogen) atoms. The second-order valence-electron chi connectivity index (χ2n) is 5.34. The van der Waals surface area contributed by atoms with Gasteiger partial charge < -0.3 is 25.2 Å². The summed E-state index contributed by atoms with van der Waals surface area (Å²) in [6.45, 7) is 0.643. The number of nitrogens with zero attached hydrogens (tertiary/aromatic N) is 1. The highest BCUT2D eigenvalue weighted by molar-refractivity contribution is 6.08. The van der Waals surface area contributed by atoms with Crippen LogP contribution in [0.5, 0.6) is 0 Å². The Kier molecular flexibility index (Phi) is 4.29. The van der Waals surface area contributed by atoms with Crippen LogP contribution in [0, 0.1) is 0 Å². The number of anilines is 1. The summed E-state index contributed by atoms with van der Waals surface area (Å²) in [7, 11) is 0. The van der Waals surface area contributed by atoms with Gasteiger partial charge in [0.1, 0.15) is 0 Å². The summed E-state index contributed by atoms with van der Waals surface area (Å²) in [5.41, 5.74) is 3.01. The number of fused-ring (bicyclic) bond motifs is 3. The number of hydrogen-bond donors (Lipinski definition) is 4. The second-order valence-corrected chi connectivity index (χ2v) is 5.34. The fourth-order valence-corrected chi connectivity index (χ4v) is 2.80. The molecule has 0 aliphatic carbocycles. The lowest BCUT2D eigenvalue weighted by Gasteiger charge is -2.11. The van der Waals surface area contributed by atoms with Crippen molar-refractivity contribution >= 4 is 27.5 Å². The fourth-order valence-electron chi connectivity index (χ4n) is 2.80. The van der Waals surface area contributed by atoms with Crippen molar-refractivity contribution in [2.45, 2.75) is 12.6 Å². The van der Waals surface area contributed by atoms with Crippen LogP contribution in [-0.2, 0) is 6.54 Å². The van der Waals surface area contributed by atoms with Crippen LogP contribution in [0.4, 0.5) is 5.69 Å². The monoisotopic (exact) mass is 300 g/mol. The van der Waals surface area contributed by atoms with Crippen molar-refractivity contribution in [2.24, 2.45) is 0 Å². The zero-order chi connectivity index (χ0) is 15.5. The van der Waals surface area contributed by atoms with Gasteiger partial charge in [0.05, 0.1) is 24.8 Å². The highest BCUT2D eigenvalue weighted by atomic mass is 16.3. The van der Waals surface area contributed by atoms with Gasteiger partial charge in [-0.15, -0.1) is 0 Å². The molecule has 0 spiro atoms. The smallest absolute Gasteiger partial charge is 0.0942 e. The molecule has 0 saturated heterocycles. The summed E-state index contributed by atoms with van der Waals surface area (Å²) in [4.78, 5) is 0. The molecule has 1 unspecified atom stereocenters. The van der Waals surface area contributed by atoms with Crippen molar-refractivity contribution in [3.8, 4) is 0 Å². The van der Waals surface area contributed by atoms with Gasteiger partial charge in [-0.25, -0.2) is 0 Å². The number of aromatic nitrogens is 1. The van der Waals surface area contributed by atoms with E-state index in [1.165, 1.54) is 0 Å². The van der Waals surface area contributed by atoms with Gasteiger partial charge in [-0.2, -0.15) is 0 Å². The quantitative estimate of drug-likeness (QED) is 0.557. The number of aliphatic hydroxyl groups is 3. The van der Waals surface area contributed by atoms with E-state index in [1.807, 2.05) is 36.4 Å². The Bertz CT molecular complexity index is 782. The molecule has 4 N–H and O–H groups in total. The summed E-state index contributed by atoms with van der Waals surface area (Å²) in [6.07, 6.45) is -0.779. The predicted molar refractivity (Wildman–Crippen MR) is 88.1 cm³/mol. The number of nitrogens with one attached hydrogen (secondary N) is 1. The first-order chi connectivity index (χ1) is 10.7. The molecule has 0 fully saturated rings. The van der Waals surface area contributed by atoms with E-state index in [-0.39, 0.29) is 13.2 Å². The number of rotatable bonds is 6. The van der Waals surface area contributed by atoms with E-state index in [4.69, 9.17) is 5.11 Å². The lowest BCUT2D eigenvalue weighted by Crippen LogP contribution is -2.22. The van der Waals surface area contributed by atoms with Gasteiger partial charge in [0.15, 0.2) is 0 Å². The van der Waals surface area contributed by atoms with Crippen molar-refractivity contribution < 1.29 is 15.3 Å². The second kappa shape index (κ2) is 6.36. The van der Waals surface area contributed by atoms with Gasteiger partial charge >= 0.3 is 0 Å². The minimum absolute atomic E-state index is 0.0780. The standard InChI is InChI=1S/C17H20N2O3/c20-8-7-19-16-4-2-1-3-14(16)15-6-5-12(9-17(15)19)18-10-13(22)11-21/h1-6,9,13,18,20-22H,7-8,10-11H2. The molecule has 0 radical (unpaired) electrons. The largest absolute Gasteiger partial charge is 0.395 e. The minimum atomic E-state index is -0.779. The van der Waals surface area contributed by atoms with Gasteiger partial charge in [0.25, 0.3) is 0 Å². The molecule has 1 heterocycles. The van der Waals surface area contributed by atoms with Crippen molar-refractivity contribution in [1.82, 2.24) is 4.57 Å². The number of aliphatic hydroxyl groups excluding tert-OH is 3. The van der Waals surface area contributed by atoms with Crippen LogP contribution in [0.25, 0.3) is 21.8 Å². The van der Waals surface area contributed by atoms with E-state index >= 15 is 0 Å². The van der Waals surface area contributed by atoms with Crippen LogP contribution >= 0.6 is 0 Å². The molecule has 116 valence electrons. The van der Waals surface area contributed by atoms with Gasteiger partial charge in [-0.05, 0) is 18.2 Å². The summed E-state index contributed by atoms with van der Waals surface area (Å²) in [5, 5.41) is 33.1. The number of hydrogen-bond acceptors (Lipinski definition) is 4. The Labute approximate surface area is 128 Å². The van der Waals surface area contributed by atoms with Crippen molar-refractivity contribution in [3.05, 3.63) is 42.5 Å². The lowest BCUT2D eigenvalue weighted by atomic mass is 10.1. The third-order valence-corrected chi connectivity index (χ3v) is 3.85. The van der Waals surface area contributed by atoms with Crippen molar-refractivity contribution in [3.63, 3.8) is 0 Å². The molecule has 1 aromatic heterocycles. The van der Waals surface area contributed by atoms with E-state index < -0.39 is 6.10 Å². The average Bonchev–Trinajstić information content (AvgIpc) is 2.87. The molecule has 3 rings (SSSR count). The molecule has 1 atom stereocenters. The Morgan fingerprint density at radius 1 is 1.00 bits per heavy atom. The predicted octanol–water partition coefficient (Wildman–Crippen LogP) is 1.55. The number of benzene rings is 2. The first-order valence-corrected chi connectivity index (χ1v) is 7.39. The van der Waals surface area contributed by atoms with E-state index in [0.29, 0.717) is 13.1 Å². The van der Waals surface area contributed by atoms with Crippen molar-refractivity contribution in [1.29, 1.82) is 0 Å². The highest BCUT2D eigenvalue weighted by Gasteiger charge is 2.10. The Balaban J connectivity index is 2.06. The molecule has 5 nitrogen and oxygen atoms in total. The summed E-state index contributed by atoms with van der Waals surface area (Å²) < 4.78 is 2.10. The summed E-state index contributed by atoms with van der Waals surface area (Å²) in [5.74, 6) is 0. The third-order valence-electron chi connectivity index (χ3n) is 3.85. The molecule has 0 amide bonds. The topological polar surface area (TPSA) is 77.7 Å². The molecule has 5 heteroatoms. The molecule has 0 saturated carbocycles. The van der Waals surface area contributed by atoms with Crippen LogP contribution in [-0.4, -0.2) is 45.7 Å². The SMILES string of the molecule is OCCn1c2ccccc2c2ccc(NCC(O)CO)cc21. The Hall–Kier alpha value is -2.08. The molecule has 0 aliphatic rings. The Morgan fingerprint density at radius 2 is 1.77 bits per heavy atom. The molecule has 2 aromatic carbocycles. The van der Waals surface area contributed by atoms with Gasteiger partial charge in [-0.3, -0.25) is 0 Å². The zero-order valence-electron chi connectivity index (χ0n) is 12.2. The van der Waals surface area contributed by atoms with Crippen LogP contribution in [0.3, 0.4) is 0 Å². The first kappa shape index (κ1) is 14.8. The van der Waals surface area contributed by atoms with Crippen molar-refractivity contribution in [2.75, 3.05) is 25.1 Å². The summed E-state index contributed by atoms with van der Waals surface area (Å²) in [6, 6.07) is 14.1. The van der Waals surface area contributed by atoms with Gasteiger partial charge in [0, 0.05) is 35.1 Å². The molecule has 3 aromatic rings.